The summed E-state index contributed by atoms with van der Waals surface area (Å²) in [6, 6.07) is 15.1. The van der Waals surface area contributed by atoms with Crippen LogP contribution in [0.15, 0.2) is 54.1 Å². The molecule has 0 saturated heterocycles. The molecule has 2 N–H and O–H groups in total. The van der Waals surface area contributed by atoms with E-state index in [2.05, 4.69) is 10.6 Å². The molecule has 1 atom stereocenters. The number of benzene rings is 2. The summed E-state index contributed by atoms with van der Waals surface area (Å²) in [5.74, 6) is 0.648. The Balaban J connectivity index is 2.10. The molecule has 28 heavy (non-hydrogen) atoms. The number of nitriles is 1. The van der Waals surface area contributed by atoms with E-state index >= 15 is 0 Å². The number of hydrogen-bond donors (Lipinski definition) is 2. The van der Waals surface area contributed by atoms with Crippen molar-refractivity contribution in [2.75, 3.05) is 13.7 Å². The molecule has 142 valence electrons. The van der Waals surface area contributed by atoms with Crippen LogP contribution in [0.1, 0.15) is 24.1 Å². The van der Waals surface area contributed by atoms with E-state index in [4.69, 9.17) is 14.7 Å². The van der Waals surface area contributed by atoms with Crippen LogP contribution >= 0.6 is 0 Å². The van der Waals surface area contributed by atoms with Gasteiger partial charge in [0.25, 0.3) is 0 Å². The van der Waals surface area contributed by atoms with Crippen molar-refractivity contribution in [3.8, 4) is 17.6 Å². The van der Waals surface area contributed by atoms with Crippen LogP contribution in [0.2, 0.25) is 0 Å². The minimum absolute atomic E-state index is 0.115. The molecule has 7 nitrogen and oxygen atoms in total. The number of methoxy groups -OCH3 is 1. The van der Waals surface area contributed by atoms with Crippen molar-refractivity contribution in [1.29, 1.82) is 5.26 Å². The third-order valence-corrected chi connectivity index (χ3v) is 4.33. The molecule has 1 heterocycles. The number of hydrogen-bond acceptors (Lipinski definition) is 5. The molecule has 7 heteroatoms. The van der Waals surface area contributed by atoms with Gasteiger partial charge in [-0.05, 0) is 30.2 Å². The summed E-state index contributed by atoms with van der Waals surface area (Å²) in [6.45, 7) is 1.35. The van der Waals surface area contributed by atoms with Gasteiger partial charge >= 0.3 is 6.03 Å². The van der Waals surface area contributed by atoms with E-state index in [0.717, 1.165) is 5.56 Å². The Kier molecular flexibility index (Phi) is 5.61. The number of urea groups is 1. The molecule has 1 aliphatic heterocycles. The molecule has 2 aromatic carbocycles. The van der Waals surface area contributed by atoms with Gasteiger partial charge in [0.15, 0.2) is 23.9 Å². The van der Waals surface area contributed by atoms with Crippen LogP contribution < -0.4 is 20.1 Å². The van der Waals surface area contributed by atoms with Gasteiger partial charge in [-0.2, -0.15) is 5.26 Å². The highest BCUT2D eigenvalue weighted by atomic mass is 16.5. The fraction of sp³-hybridized carbons (Fsp3) is 0.190. The summed E-state index contributed by atoms with van der Waals surface area (Å²) < 4.78 is 10.7. The first-order chi connectivity index (χ1) is 13.5. The molecule has 0 bridgehead atoms. The molecule has 0 aliphatic carbocycles. The first kappa shape index (κ1) is 19.0. The number of amides is 2. The Labute approximate surface area is 162 Å². The summed E-state index contributed by atoms with van der Waals surface area (Å²) in [5.41, 5.74) is 2.33. The van der Waals surface area contributed by atoms with Crippen molar-refractivity contribution in [3.63, 3.8) is 0 Å². The van der Waals surface area contributed by atoms with Crippen LogP contribution in [-0.4, -0.2) is 25.5 Å². The maximum Gasteiger partial charge on any atom is 0.320 e. The van der Waals surface area contributed by atoms with Gasteiger partial charge in [-0.25, -0.2) is 4.79 Å². The third kappa shape index (κ3) is 3.81. The van der Waals surface area contributed by atoms with Crippen LogP contribution in [0, 0.1) is 11.3 Å². The zero-order valence-corrected chi connectivity index (χ0v) is 15.5. The molecular weight excluding hydrogens is 358 g/mol. The molecule has 0 saturated carbocycles. The van der Waals surface area contributed by atoms with E-state index < -0.39 is 12.1 Å². The van der Waals surface area contributed by atoms with E-state index in [1.807, 2.05) is 36.4 Å². The van der Waals surface area contributed by atoms with Crippen molar-refractivity contribution in [3.05, 3.63) is 65.2 Å². The van der Waals surface area contributed by atoms with E-state index in [9.17, 15) is 9.59 Å². The molecule has 0 aromatic heterocycles. The van der Waals surface area contributed by atoms with Gasteiger partial charge < -0.3 is 20.1 Å². The second-order valence-corrected chi connectivity index (χ2v) is 6.10. The summed E-state index contributed by atoms with van der Waals surface area (Å²) in [4.78, 5) is 24.8. The first-order valence-electron chi connectivity index (χ1n) is 8.61. The number of rotatable bonds is 6. The number of Topliss-reactive ketones (excluding diaryl/α,β-unsaturated/α-hetero) is 1. The first-order valence-corrected chi connectivity index (χ1v) is 8.61. The number of ether oxygens (including phenoxy) is 2. The molecule has 3 rings (SSSR count). The monoisotopic (exact) mass is 377 g/mol. The topological polar surface area (TPSA) is 100 Å². The van der Waals surface area contributed by atoms with Crippen LogP contribution in [0.4, 0.5) is 4.79 Å². The Hall–Kier alpha value is -3.79. The summed E-state index contributed by atoms with van der Waals surface area (Å²) in [5, 5.41) is 14.2. The van der Waals surface area contributed by atoms with Crippen molar-refractivity contribution >= 4 is 17.5 Å². The Morgan fingerprint density at radius 3 is 2.57 bits per heavy atom. The minimum atomic E-state index is -0.652. The molecular formula is C21H19N3O4. The normalized spacial score (nSPS) is 15.9. The maximum absolute atomic E-state index is 12.5. The minimum Gasteiger partial charge on any atom is -0.493 e. The lowest BCUT2D eigenvalue weighted by Gasteiger charge is -2.30. The fourth-order valence-corrected chi connectivity index (χ4v) is 3.12. The van der Waals surface area contributed by atoms with Gasteiger partial charge in [-0.1, -0.05) is 36.4 Å². The maximum atomic E-state index is 12.5. The second-order valence-electron chi connectivity index (χ2n) is 6.10. The van der Waals surface area contributed by atoms with Crippen molar-refractivity contribution in [1.82, 2.24) is 10.6 Å². The van der Waals surface area contributed by atoms with Crippen molar-refractivity contribution < 1.29 is 19.1 Å². The Bertz CT molecular complexity index is 977. The fourth-order valence-electron chi connectivity index (χ4n) is 3.12. The predicted octanol–water partition coefficient (Wildman–Crippen LogP) is 2.95. The Morgan fingerprint density at radius 2 is 1.93 bits per heavy atom. The predicted molar refractivity (Wildman–Crippen MR) is 103 cm³/mol. The van der Waals surface area contributed by atoms with Crippen LogP contribution in [0.25, 0.3) is 5.70 Å². The summed E-state index contributed by atoms with van der Waals surface area (Å²) in [6.07, 6.45) is 0. The lowest BCUT2D eigenvalue weighted by molar-refractivity contribution is -0.113. The molecule has 2 aromatic rings. The van der Waals surface area contributed by atoms with Gasteiger partial charge in [-0.15, -0.1) is 0 Å². The lowest BCUT2D eigenvalue weighted by atomic mass is 9.90. The van der Waals surface area contributed by atoms with Crippen molar-refractivity contribution in [2.45, 2.75) is 13.0 Å². The zero-order valence-electron chi connectivity index (χ0n) is 15.5. The van der Waals surface area contributed by atoms with Gasteiger partial charge in [0, 0.05) is 5.57 Å². The molecule has 0 fully saturated rings. The zero-order chi connectivity index (χ0) is 20.1. The standard InChI is InChI=1S/C21H19N3O4/c1-13(25)18-19(14-6-4-3-5-7-14)23-21(26)24-20(18)15-8-9-16(28-11-10-22)17(12-15)27-2/h3-9,12,20H,11H2,1-2H3,(H2,23,24,26)/t20-/m0/s1. The van der Waals surface area contributed by atoms with Gasteiger partial charge in [0.2, 0.25) is 0 Å². The number of nitrogens with zero attached hydrogens (tertiary/aromatic N) is 1. The quantitative estimate of drug-likeness (QED) is 0.806. The van der Waals surface area contributed by atoms with E-state index in [-0.39, 0.29) is 12.4 Å². The average Bonchev–Trinajstić information content (AvgIpc) is 2.71. The van der Waals surface area contributed by atoms with Gasteiger partial charge in [-0.3, -0.25) is 4.79 Å². The SMILES string of the molecule is COc1cc([C@@H]2NC(=O)NC(c3ccccc3)=C2C(C)=O)ccc1OCC#N. The lowest BCUT2D eigenvalue weighted by Crippen LogP contribution is -2.44. The molecule has 0 spiro atoms. The van der Waals surface area contributed by atoms with E-state index in [1.54, 1.807) is 18.2 Å². The highest BCUT2D eigenvalue weighted by molar-refractivity contribution is 6.06. The highest BCUT2D eigenvalue weighted by Crippen LogP contribution is 2.36. The molecule has 0 radical (unpaired) electrons. The summed E-state index contributed by atoms with van der Waals surface area (Å²) in [7, 11) is 1.48. The molecule has 2 amide bonds. The smallest absolute Gasteiger partial charge is 0.320 e. The number of nitrogens with one attached hydrogen (secondary N) is 2. The highest BCUT2D eigenvalue weighted by Gasteiger charge is 2.32. The van der Waals surface area contributed by atoms with Gasteiger partial charge in [0.1, 0.15) is 6.07 Å². The largest absolute Gasteiger partial charge is 0.493 e. The van der Waals surface area contributed by atoms with Crippen LogP contribution in [0.3, 0.4) is 0 Å². The van der Waals surface area contributed by atoms with E-state index in [0.29, 0.717) is 28.3 Å². The van der Waals surface area contributed by atoms with Crippen LogP contribution in [0.5, 0.6) is 11.5 Å². The molecule has 1 aliphatic rings. The average molecular weight is 377 g/mol. The number of carbonyl (C=O) groups is 2. The summed E-state index contributed by atoms with van der Waals surface area (Å²) >= 11 is 0. The third-order valence-electron chi connectivity index (χ3n) is 4.33. The Morgan fingerprint density at radius 1 is 1.18 bits per heavy atom. The van der Waals surface area contributed by atoms with E-state index in [1.165, 1.54) is 14.0 Å². The second kappa shape index (κ2) is 8.27. The number of carbonyl (C=O) groups excluding carboxylic acids is 2. The molecule has 0 unspecified atom stereocenters. The van der Waals surface area contributed by atoms with Gasteiger partial charge in [0.05, 0.1) is 18.8 Å². The van der Waals surface area contributed by atoms with Crippen molar-refractivity contribution in [2.24, 2.45) is 0 Å². The van der Waals surface area contributed by atoms with Crippen LogP contribution in [-0.2, 0) is 4.79 Å². The number of ketones is 1.